The van der Waals surface area contributed by atoms with Gasteiger partial charge >= 0.3 is 0 Å². The highest BCUT2D eigenvalue weighted by Gasteiger charge is 2.66. The molecule has 3 nitrogen and oxygen atoms in total. The first-order chi connectivity index (χ1) is 10.2. The third kappa shape index (κ3) is 2.09. The van der Waals surface area contributed by atoms with Crippen molar-refractivity contribution in [2.45, 2.75) is 38.6 Å². The van der Waals surface area contributed by atoms with E-state index in [1.54, 1.807) is 7.11 Å². The molecule has 0 radical (unpaired) electrons. The fraction of sp³-hybridized carbons (Fsp3) is 0.667. The van der Waals surface area contributed by atoms with Gasteiger partial charge in [-0.1, -0.05) is 17.7 Å². The van der Waals surface area contributed by atoms with Crippen LogP contribution in [-0.4, -0.2) is 13.2 Å². The number of benzene rings is 1. The Bertz CT molecular complexity index is 528. The van der Waals surface area contributed by atoms with Crippen molar-refractivity contribution in [1.29, 1.82) is 0 Å². The highest BCUT2D eigenvalue weighted by molar-refractivity contribution is 5.38. The summed E-state index contributed by atoms with van der Waals surface area (Å²) in [5, 5.41) is 0. The Labute approximate surface area is 127 Å². The second-order valence-corrected chi connectivity index (χ2v) is 7.36. The Morgan fingerprint density at radius 1 is 1.29 bits per heavy atom. The van der Waals surface area contributed by atoms with Crippen molar-refractivity contribution in [1.82, 2.24) is 5.43 Å². The van der Waals surface area contributed by atoms with Gasteiger partial charge in [-0.05, 0) is 73.8 Å². The molecular formula is C18H26N2O. The van der Waals surface area contributed by atoms with Crippen molar-refractivity contribution in [3.05, 3.63) is 29.3 Å². The van der Waals surface area contributed by atoms with Crippen LogP contribution in [0.2, 0.25) is 0 Å². The van der Waals surface area contributed by atoms with Crippen LogP contribution in [0.5, 0.6) is 5.75 Å². The molecule has 1 aromatic rings. The average Bonchev–Trinajstić information content (AvgIpc) is 2.91. The summed E-state index contributed by atoms with van der Waals surface area (Å²) in [5.74, 6) is 11.6. The molecule has 4 rings (SSSR count). The molecule has 0 heterocycles. The standard InChI is InChI=1S/C18H26N2O/c1-10-3-6-15(21-2)13(7-10)9-14(20-19)18-16-11-4-5-12(8-11)17(16)18/h3,6-7,11-12,14,16-18,20H,4-5,8-9,19H2,1-2H3. The van der Waals surface area contributed by atoms with Crippen LogP contribution in [0.15, 0.2) is 18.2 Å². The molecule has 3 aliphatic carbocycles. The van der Waals surface area contributed by atoms with E-state index in [4.69, 9.17) is 10.6 Å². The number of hydrazine groups is 1. The third-order valence-electron chi connectivity index (χ3n) is 6.35. The number of ether oxygens (including phenoxy) is 1. The zero-order valence-electron chi connectivity index (χ0n) is 13.0. The van der Waals surface area contributed by atoms with Gasteiger partial charge in [-0.25, -0.2) is 0 Å². The second kappa shape index (κ2) is 4.99. The lowest BCUT2D eigenvalue weighted by Crippen LogP contribution is -2.40. The molecular weight excluding hydrogens is 260 g/mol. The molecule has 0 aliphatic heterocycles. The topological polar surface area (TPSA) is 47.3 Å². The summed E-state index contributed by atoms with van der Waals surface area (Å²) in [6.07, 6.45) is 5.41. The first kappa shape index (κ1) is 13.6. The minimum absolute atomic E-state index is 0.402. The molecule has 0 spiro atoms. The summed E-state index contributed by atoms with van der Waals surface area (Å²) >= 11 is 0. The predicted octanol–water partition coefficient (Wildman–Crippen LogP) is 2.67. The Kier molecular flexibility index (Phi) is 3.23. The average molecular weight is 286 g/mol. The van der Waals surface area contributed by atoms with Crippen molar-refractivity contribution in [2.24, 2.45) is 35.4 Å². The van der Waals surface area contributed by atoms with E-state index >= 15 is 0 Å². The maximum Gasteiger partial charge on any atom is 0.122 e. The van der Waals surface area contributed by atoms with Gasteiger partial charge in [0.15, 0.2) is 0 Å². The smallest absolute Gasteiger partial charge is 0.122 e. The summed E-state index contributed by atoms with van der Waals surface area (Å²) in [4.78, 5) is 0. The van der Waals surface area contributed by atoms with Gasteiger partial charge < -0.3 is 4.74 Å². The molecule has 21 heavy (non-hydrogen) atoms. The van der Waals surface area contributed by atoms with Crippen LogP contribution in [0, 0.1) is 36.5 Å². The van der Waals surface area contributed by atoms with E-state index < -0.39 is 0 Å². The predicted molar refractivity (Wildman–Crippen MR) is 83.8 cm³/mol. The van der Waals surface area contributed by atoms with Crippen molar-refractivity contribution < 1.29 is 4.74 Å². The summed E-state index contributed by atoms with van der Waals surface area (Å²) < 4.78 is 5.53. The minimum atomic E-state index is 0.402. The number of hydrogen-bond donors (Lipinski definition) is 2. The van der Waals surface area contributed by atoms with E-state index in [0.717, 1.165) is 41.8 Å². The molecule has 3 saturated carbocycles. The molecule has 3 fully saturated rings. The maximum atomic E-state index is 5.91. The third-order valence-corrected chi connectivity index (χ3v) is 6.35. The highest BCUT2D eigenvalue weighted by atomic mass is 16.5. The van der Waals surface area contributed by atoms with Crippen LogP contribution in [0.4, 0.5) is 0 Å². The molecule has 1 aromatic carbocycles. The number of fused-ring (bicyclic) bond motifs is 5. The SMILES string of the molecule is COc1ccc(C)cc1CC(NN)C1C2C3CCC(C3)C21. The van der Waals surface area contributed by atoms with E-state index in [1.807, 2.05) is 0 Å². The van der Waals surface area contributed by atoms with E-state index in [-0.39, 0.29) is 0 Å². The molecule has 114 valence electrons. The molecule has 2 bridgehead atoms. The molecule has 0 amide bonds. The van der Waals surface area contributed by atoms with Crippen molar-refractivity contribution in [3.8, 4) is 5.75 Å². The van der Waals surface area contributed by atoms with Crippen LogP contribution < -0.4 is 16.0 Å². The largest absolute Gasteiger partial charge is 0.496 e. The van der Waals surface area contributed by atoms with Gasteiger partial charge in [0.2, 0.25) is 0 Å². The minimum Gasteiger partial charge on any atom is -0.496 e. The van der Waals surface area contributed by atoms with Crippen molar-refractivity contribution in [2.75, 3.05) is 7.11 Å². The van der Waals surface area contributed by atoms with Gasteiger partial charge in [0.1, 0.15) is 5.75 Å². The summed E-state index contributed by atoms with van der Waals surface area (Å²) in [5.41, 5.74) is 5.70. The second-order valence-electron chi connectivity index (χ2n) is 7.36. The van der Waals surface area contributed by atoms with E-state index in [2.05, 4.69) is 30.5 Å². The normalized spacial score (nSPS) is 37.4. The van der Waals surface area contributed by atoms with Crippen LogP contribution in [0.3, 0.4) is 0 Å². The molecule has 0 saturated heterocycles. The number of rotatable bonds is 5. The number of hydrogen-bond acceptors (Lipinski definition) is 3. The molecule has 3 heteroatoms. The van der Waals surface area contributed by atoms with E-state index in [1.165, 1.54) is 30.4 Å². The van der Waals surface area contributed by atoms with Gasteiger partial charge in [-0.2, -0.15) is 0 Å². The maximum absolute atomic E-state index is 5.91. The fourth-order valence-corrected chi connectivity index (χ4v) is 5.54. The van der Waals surface area contributed by atoms with Crippen LogP contribution in [0.1, 0.15) is 30.4 Å². The quantitative estimate of drug-likeness (QED) is 0.646. The lowest BCUT2D eigenvalue weighted by molar-refractivity contribution is 0.357. The zero-order chi connectivity index (χ0) is 14.6. The highest BCUT2D eigenvalue weighted by Crippen LogP contribution is 2.70. The van der Waals surface area contributed by atoms with Crippen LogP contribution in [0.25, 0.3) is 0 Å². The van der Waals surface area contributed by atoms with Crippen LogP contribution in [-0.2, 0) is 6.42 Å². The van der Waals surface area contributed by atoms with E-state index in [9.17, 15) is 0 Å². The number of nitrogens with one attached hydrogen (secondary N) is 1. The van der Waals surface area contributed by atoms with Crippen LogP contribution >= 0.6 is 0 Å². The number of nitrogens with two attached hydrogens (primary N) is 1. The first-order valence-electron chi connectivity index (χ1n) is 8.32. The molecule has 0 aromatic heterocycles. The van der Waals surface area contributed by atoms with Crippen molar-refractivity contribution >= 4 is 0 Å². The number of aryl methyl sites for hydroxylation is 1. The first-order valence-corrected chi connectivity index (χ1v) is 8.32. The van der Waals surface area contributed by atoms with Gasteiger partial charge in [-0.15, -0.1) is 0 Å². The molecule has 3 aliphatic rings. The Hall–Kier alpha value is -1.06. The molecule has 5 unspecified atom stereocenters. The van der Waals surface area contributed by atoms with Gasteiger partial charge in [-0.3, -0.25) is 11.3 Å². The van der Waals surface area contributed by atoms with Gasteiger partial charge in [0.25, 0.3) is 0 Å². The summed E-state index contributed by atoms with van der Waals surface area (Å²) in [7, 11) is 1.76. The summed E-state index contributed by atoms with van der Waals surface area (Å²) in [6, 6.07) is 6.84. The van der Waals surface area contributed by atoms with Gasteiger partial charge in [0, 0.05) is 6.04 Å². The zero-order valence-corrected chi connectivity index (χ0v) is 13.0. The lowest BCUT2D eigenvalue weighted by Gasteiger charge is -2.21. The van der Waals surface area contributed by atoms with Crippen molar-refractivity contribution in [3.63, 3.8) is 0 Å². The summed E-state index contributed by atoms with van der Waals surface area (Å²) in [6.45, 7) is 2.14. The van der Waals surface area contributed by atoms with E-state index in [0.29, 0.717) is 6.04 Å². The Morgan fingerprint density at radius 2 is 2.00 bits per heavy atom. The monoisotopic (exact) mass is 286 g/mol. The van der Waals surface area contributed by atoms with Gasteiger partial charge in [0.05, 0.1) is 7.11 Å². The lowest BCUT2D eigenvalue weighted by atomic mass is 9.93. The molecule has 5 atom stereocenters. The number of methoxy groups -OCH3 is 1. The molecule has 3 N–H and O–H groups in total. The Morgan fingerprint density at radius 3 is 2.62 bits per heavy atom. The Balaban J connectivity index is 1.52. The fourth-order valence-electron chi connectivity index (χ4n) is 5.54.